The summed E-state index contributed by atoms with van der Waals surface area (Å²) in [6, 6.07) is 0. The molecule has 58 valence electrons. The van der Waals surface area contributed by atoms with Gasteiger partial charge in [-0.3, -0.25) is 0 Å². The van der Waals surface area contributed by atoms with Crippen molar-refractivity contribution < 1.29 is 48.9 Å². The van der Waals surface area contributed by atoms with Gasteiger partial charge in [0.1, 0.15) is 5.60 Å². The van der Waals surface area contributed by atoms with Gasteiger partial charge in [-0.2, -0.15) is 0 Å². The summed E-state index contributed by atoms with van der Waals surface area (Å²) in [4.78, 5) is 10.1. The molecule has 1 aliphatic rings. The van der Waals surface area contributed by atoms with Gasteiger partial charge < -0.3 is 19.4 Å². The topological polar surface area (TPSA) is 58.6 Å². The van der Waals surface area contributed by atoms with Gasteiger partial charge in [0.25, 0.3) is 0 Å². The van der Waals surface area contributed by atoms with E-state index in [9.17, 15) is 9.90 Å². The smallest absolute Gasteiger partial charge is 0.550 e. The van der Waals surface area contributed by atoms with Crippen molar-refractivity contribution >= 4 is 5.97 Å². The molecule has 5 heteroatoms. The zero-order valence-electron chi connectivity index (χ0n) is 6.75. The monoisotopic (exact) mass is 168 g/mol. The molecule has 11 heavy (non-hydrogen) atoms. The summed E-state index contributed by atoms with van der Waals surface area (Å²) in [7, 11) is 1.48. The van der Waals surface area contributed by atoms with E-state index in [0.717, 1.165) is 0 Å². The Balaban J connectivity index is 0.000001000. The van der Waals surface area contributed by atoms with E-state index >= 15 is 0 Å². The number of aliphatic carboxylic acids is 1. The SMILES string of the molecule is COC1(CC(=O)[O-])COC1.[Na+]. The molecule has 4 nitrogen and oxygen atoms in total. The summed E-state index contributed by atoms with van der Waals surface area (Å²) in [5.41, 5.74) is -0.598. The molecule has 0 saturated carbocycles. The van der Waals surface area contributed by atoms with Crippen molar-refractivity contribution in [1.29, 1.82) is 0 Å². The maximum absolute atomic E-state index is 10.1. The molecule has 0 bridgehead atoms. The summed E-state index contributed by atoms with van der Waals surface area (Å²) >= 11 is 0. The first-order valence-corrected chi connectivity index (χ1v) is 3.01. The number of rotatable bonds is 3. The van der Waals surface area contributed by atoms with Crippen LogP contribution in [0.4, 0.5) is 0 Å². The third-order valence-corrected chi connectivity index (χ3v) is 1.63. The fourth-order valence-electron chi connectivity index (χ4n) is 0.885. The number of methoxy groups -OCH3 is 1. The number of carboxylic acids is 1. The summed E-state index contributed by atoms with van der Waals surface area (Å²) in [5, 5.41) is 10.1. The molecule has 0 unspecified atom stereocenters. The minimum atomic E-state index is -1.09. The van der Waals surface area contributed by atoms with Crippen LogP contribution in [0, 0.1) is 0 Å². The third kappa shape index (κ3) is 2.72. The minimum Gasteiger partial charge on any atom is -0.550 e. The molecular formula is C6H9NaO4. The van der Waals surface area contributed by atoms with Crippen molar-refractivity contribution in [3.63, 3.8) is 0 Å². The van der Waals surface area contributed by atoms with Crippen molar-refractivity contribution in [3.8, 4) is 0 Å². The number of carbonyl (C=O) groups is 1. The Bertz CT molecular complexity index is 138. The van der Waals surface area contributed by atoms with E-state index in [4.69, 9.17) is 9.47 Å². The Hall–Kier alpha value is 0.390. The number of hydrogen-bond donors (Lipinski definition) is 0. The van der Waals surface area contributed by atoms with E-state index in [1.165, 1.54) is 7.11 Å². The van der Waals surface area contributed by atoms with Gasteiger partial charge in [0.2, 0.25) is 0 Å². The van der Waals surface area contributed by atoms with Gasteiger partial charge in [0, 0.05) is 19.5 Å². The van der Waals surface area contributed by atoms with Gasteiger partial charge in [0.15, 0.2) is 0 Å². The quantitative estimate of drug-likeness (QED) is 0.399. The number of carbonyl (C=O) groups excluding carboxylic acids is 1. The molecule has 0 atom stereocenters. The molecule has 0 spiro atoms. The molecule has 1 rings (SSSR count). The Morgan fingerprint density at radius 1 is 1.73 bits per heavy atom. The molecule has 1 saturated heterocycles. The summed E-state index contributed by atoms with van der Waals surface area (Å²) in [6.07, 6.45) is -0.0799. The van der Waals surface area contributed by atoms with E-state index in [1.54, 1.807) is 0 Å². The van der Waals surface area contributed by atoms with Gasteiger partial charge in [-0.25, -0.2) is 0 Å². The second-order valence-corrected chi connectivity index (χ2v) is 2.43. The van der Waals surface area contributed by atoms with Gasteiger partial charge in [-0.15, -0.1) is 0 Å². The molecule has 1 fully saturated rings. The zero-order chi connectivity index (χ0) is 7.61. The second kappa shape index (κ2) is 4.42. The first kappa shape index (κ1) is 11.4. The molecule has 1 heterocycles. The molecular weight excluding hydrogens is 159 g/mol. The van der Waals surface area contributed by atoms with E-state index in [2.05, 4.69) is 0 Å². The van der Waals surface area contributed by atoms with Crippen molar-refractivity contribution in [3.05, 3.63) is 0 Å². The summed E-state index contributed by atoms with van der Waals surface area (Å²) < 4.78 is 9.75. The van der Waals surface area contributed by atoms with Gasteiger partial charge in [-0.05, 0) is 0 Å². The molecule has 0 radical (unpaired) electrons. The van der Waals surface area contributed by atoms with Crippen LogP contribution < -0.4 is 34.7 Å². The maximum Gasteiger partial charge on any atom is 1.00 e. The number of hydrogen-bond acceptors (Lipinski definition) is 4. The van der Waals surface area contributed by atoms with E-state index < -0.39 is 11.6 Å². The van der Waals surface area contributed by atoms with Crippen LogP contribution in [0.25, 0.3) is 0 Å². The number of carboxylic acid groups (broad SMARTS) is 1. The van der Waals surface area contributed by atoms with Crippen molar-refractivity contribution in [2.45, 2.75) is 12.0 Å². The molecule has 0 aliphatic carbocycles. The fraction of sp³-hybridized carbons (Fsp3) is 0.833. The standard InChI is InChI=1S/C6H10O4.Na/c1-9-6(2-5(7)8)3-10-4-6;/h2-4H2,1H3,(H,7,8);/q;+1/p-1. The Morgan fingerprint density at radius 2 is 2.27 bits per heavy atom. The predicted octanol–water partition coefficient (Wildman–Crippen LogP) is -4.45. The van der Waals surface area contributed by atoms with Crippen molar-refractivity contribution in [2.75, 3.05) is 20.3 Å². The van der Waals surface area contributed by atoms with E-state index in [1.807, 2.05) is 0 Å². The first-order valence-electron chi connectivity index (χ1n) is 3.01. The molecule has 0 aromatic rings. The van der Waals surface area contributed by atoms with Crippen LogP contribution in [0.2, 0.25) is 0 Å². The number of ether oxygens (including phenoxy) is 2. The van der Waals surface area contributed by atoms with Crippen LogP contribution in [-0.4, -0.2) is 31.9 Å². The van der Waals surface area contributed by atoms with Crippen LogP contribution in [-0.2, 0) is 14.3 Å². The van der Waals surface area contributed by atoms with Crippen LogP contribution in [0.15, 0.2) is 0 Å². The largest absolute Gasteiger partial charge is 1.00 e. The molecule has 0 aromatic heterocycles. The van der Waals surface area contributed by atoms with Crippen LogP contribution in [0.1, 0.15) is 6.42 Å². The zero-order valence-corrected chi connectivity index (χ0v) is 8.75. The molecule has 0 N–H and O–H groups in total. The van der Waals surface area contributed by atoms with E-state index in [-0.39, 0.29) is 36.0 Å². The van der Waals surface area contributed by atoms with Gasteiger partial charge in [-0.1, -0.05) is 0 Å². The normalized spacial score (nSPS) is 19.7. The third-order valence-electron chi connectivity index (χ3n) is 1.63. The average molecular weight is 168 g/mol. The molecule has 0 amide bonds. The van der Waals surface area contributed by atoms with Crippen LogP contribution in [0.5, 0.6) is 0 Å². The summed E-state index contributed by atoms with van der Waals surface area (Å²) in [6.45, 7) is 0.717. The second-order valence-electron chi connectivity index (χ2n) is 2.43. The van der Waals surface area contributed by atoms with Crippen LogP contribution >= 0.6 is 0 Å². The van der Waals surface area contributed by atoms with Crippen LogP contribution in [0.3, 0.4) is 0 Å². The maximum atomic E-state index is 10.1. The Labute approximate surface area is 87.2 Å². The minimum absolute atomic E-state index is 0. The summed E-state index contributed by atoms with van der Waals surface area (Å²) in [5.74, 6) is -1.09. The van der Waals surface area contributed by atoms with Gasteiger partial charge >= 0.3 is 29.6 Å². The Kier molecular flexibility index (Phi) is 4.58. The fourth-order valence-corrected chi connectivity index (χ4v) is 0.885. The average Bonchev–Trinajstić information content (AvgIpc) is 1.78. The van der Waals surface area contributed by atoms with Gasteiger partial charge in [0.05, 0.1) is 13.2 Å². The van der Waals surface area contributed by atoms with Crippen molar-refractivity contribution in [2.24, 2.45) is 0 Å². The Morgan fingerprint density at radius 3 is 2.36 bits per heavy atom. The van der Waals surface area contributed by atoms with E-state index in [0.29, 0.717) is 13.2 Å². The first-order chi connectivity index (χ1) is 4.68. The molecule has 1 aliphatic heterocycles. The van der Waals surface area contributed by atoms with Crippen molar-refractivity contribution in [1.82, 2.24) is 0 Å². The predicted molar refractivity (Wildman–Crippen MR) is 30.2 cm³/mol. The molecule has 0 aromatic carbocycles.